The second kappa shape index (κ2) is 6.40. The zero-order valence-corrected chi connectivity index (χ0v) is 10.9. The number of halogens is 1. The van der Waals surface area contributed by atoms with Crippen LogP contribution in [0.25, 0.3) is 0 Å². The molecule has 0 aliphatic rings. The van der Waals surface area contributed by atoms with Gasteiger partial charge in [0.05, 0.1) is 17.9 Å². The molecule has 0 spiro atoms. The summed E-state index contributed by atoms with van der Waals surface area (Å²) in [6, 6.07) is 6.48. The molecule has 19 heavy (non-hydrogen) atoms. The monoisotopic (exact) mass is 263 g/mol. The smallest absolute Gasteiger partial charge is 0.126 e. The molecule has 0 aliphatic carbocycles. The summed E-state index contributed by atoms with van der Waals surface area (Å²) < 4.78 is 15.5. The molecule has 1 heterocycles. The molecule has 2 rings (SSSR count). The van der Waals surface area contributed by atoms with Crippen molar-refractivity contribution < 1.29 is 4.39 Å². The van der Waals surface area contributed by atoms with Crippen LogP contribution in [-0.2, 0) is 13.0 Å². The first-order chi connectivity index (χ1) is 9.26. The van der Waals surface area contributed by atoms with Crippen LogP contribution >= 0.6 is 0 Å². The highest BCUT2D eigenvalue weighted by atomic mass is 19.1. The molecule has 5 nitrogen and oxygen atoms in total. The Hall–Kier alpha value is -1.79. The molecule has 0 radical (unpaired) electrons. The number of hydrogen-bond acceptors (Lipinski definition) is 4. The second-order valence-electron chi connectivity index (χ2n) is 4.40. The van der Waals surface area contributed by atoms with Gasteiger partial charge in [-0.25, -0.2) is 9.07 Å². The van der Waals surface area contributed by atoms with Gasteiger partial charge < -0.3 is 0 Å². The zero-order valence-electron chi connectivity index (χ0n) is 10.9. The SMILES string of the molecule is CCCn1nncc1C(Cc1ccccc1F)NN. The Morgan fingerprint density at radius 1 is 1.42 bits per heavy atom. The van der Waals surface area contributed by atoms with Crippen molar-refractivity contribution >= 4 is 0 Å². The average molecular weight is 263 g/mol. The highest BCUT2D eigenvalue weighted by molar-refractivity contribution is 5.20. The van der Waals surface area contributed by atoms with Crippen molar-refractivity contribution in [1.29, 1.82) is 0 Å². The van der Waals surface area contributed by atoms with Gasteiger partial charge in [-0.3, -0.25) is 11.3 Å². The van der Waals surface area contributed by atoms with E-state index in [0.29, 0.717) is 12.0 Å². The lowest BCUT2D eigenvalue weighted by Gasteiger charge is -2.17. The molecule has 3 N–H and O–H groups in total. The summed E-state index contributed by atoms with van der Waals surface area (Å²) in [6.45, 7) is 2.83. The summed E-state index contributed by atoms with van der Waals surface area (Å²) >= 11 is 0. The zero-order chi connectivity index (χ0) is 13.7. The molecule has 0 aliphatic heterocycles. The summed E-state index contributed by atoms with van der Waals surface area (Å²) in [6.07, 6.45) is 3.08. The molecular formula is C13H18FN5. The Labute approximate surface area is 111 Å². The number of nitrogens with two attached hydrogens (primary N) is 1. The van der Waals surface area contributed by atoms with Crippen molar-refractivity contribution in [3.05, 3.63) is 47.5 Å². The highest BCUT2D eigenvalue weighted by Crippen LogP contribution is 2.18. The number of hydrazine groups is 1. The van der Waals surface area contributed by atoms with Crippen molar-refractivity contribution in [3.8, 4) is 0 Å². The molecule has 0 fully saturated rings. The maximum absolute atomic E-state index is 13.7. The van der Waals surface area contributed by atoms with Gasteiger partial charge in [-0.05, 0) is 24.5 Å². The van der Waals surface area contributed by atoms with E-state index in [-0.39, 0.29) is 11.9 Å². The van der Waals surface area contributed by atoms with E-state index in [4.69, 9.17) is 5.84 Å². The Balaban J connectivity index is 2.20. The van der Waals surface area contributed by atoms with E-state index in [1.807, 2.05) is 6.07 Å². The highest BCUT2D eigenvalue weighted by Gasteiger charge is 2.17. The van der Waals surface area contributed by atoms with Gasteiger partial charge in [-0.1, -0.05) is 30.3 Å². The number of benzene rings is 1. The van der Waals surface area contributed by atoms with Crippen LogP contribution in [-0.4, -0.2) is 15.0 Å². The molecule has 0 saturated carbocycles. The molecule has 2 aromatic rings. The Morgan fingerprint density at radius 2 is 2.21 bits per heavy atom. The summed E-state index contributed by atoms with van der Waals surface area (Å²) in [4.78, 5) is 0. The summed E-state index contributed by atoms with van der Waals surface area (Å²) in [5, 5.41) is 7.91. The quantitative estimate of drug-likeness (QED) is 0.613. The Bertz CT molecular complexity index is 525. The average Bonchev–Trinajstić information content (AvgIpc) is 2.86. The largest absolute Gasteiger partial charge is 0.271 e. The third-order valence-corrected chi connectivity index (χ3v) is 3.02. The Kier molecular flexibility index (Phi) is 4.59. The number of nitrogens with one attached hydrogen (secondary N) is 1. The number of hydrogen-bond donors (Lipinski definition) is 2. The fourth-order valence-corrected chi connectivity index (χ4v) is 2.05. The fraction of sp³-hybridized carbons (Fsp3) is 0.385. The summed E-state index contributed by atoms with van der Waals surface area (Å²) in [5.74, 6) is 5.36. The maximum atomic E-state index is 13.7. The van der Waals surface area contributed by atoms with E-state index in [0.717, 1.165) is 18.7 Å². The van der Waals surface area contributed by atoms with Gasteiger partial charge >= 0.3 is 0 Å². The van der Waals surface area contributed by atoms with Gasteiger partial charge in [0, 0.05) is 6.54 Å². The van der Waals surface area contributed by atoms with Gasteiger partial charge in [0.25, 0.3) is 0 Å². The van der Waals surface area contributed by atoms with Gasteiger partial charge in [0.2, 0.25) is 0 Å². The van der Waals surface area contributed by atoms with Crippen LogP contribution in [0.3, 0.4) is 0 Å². The predicted octanol–water partition coefficient (Wildman–Crippen LogP) is 1.57. The van der Waals surface area contributed by atoms with Crippen molar-refractivity contribution in [2.24, 2.45) is 5.84 Å². The fourth-order valence-electron chi connectivity index (χ4n) is 2.05. The van der Waals surface area contributed by atoms with E-state index in [2.05, 4.69) is 22.7 Å². The van der Waals surface area contributed by atoms with Crippen molar-refractivity contribution in [1.82, 2.24) is 20.4 Å². The van der Waals surface area contributed by atoms with Crippen LogP contribution in [0.5, 0.6) is 0 Å². The van der Waals surface area contributed by atoms with Gasteiger partial charge in [0.15, 0.2) is 0 Å². The third-order valence-electron chi connectivity index (χ3n) is 3.02. The number of aryl methyl sites for hydroxylation is 1. The number of aromatic nitrogens is 3. The molecule has 6 heteroatoms. The number of nitrogens with zero attached hydrogens (tertiary/aromatic N) is 3. The maximum Gasteiger partial charge on any atom is 0.126 e. The van der Waals surface area contributed by atoms with Crippen molar-refractivity contribution in [3.63, 3.8) is 0 Å². The first kappa shape index (κ1) is 13.6. The lowest BCUT2D eigenvalue weighted by Crippen LogP contribution is -2.31. The predicted molar refractivity (Wildman–Crippen MR) is 70.5 cm³/mol. The van der Waals surface area contributed by atoms with Crippen LogP contribution in [0, 0.1) is 5.82 Å². The van der Waals surface area contributed by atoms with Crippen LogP contribution in [0.2, 0.25) is 0 Å². The minimum Gasteiger partial charge on any atom is -0.271 e. The van der Waals surface area contributed by atoms with E-state index in [1.54, 1.807) is 23.0 Å². The minimum atomic E-state index is -0.225. The third kappa shape index (κ3) is 3.15. The summed E-state index contributed by atoms with van der Waals surface area (Å²) in [5.41, 5.74) is 4.20. The van der Waals surface area contributed by atoms with Crippen LogP contribution in [0.4, 0.5) is 4.39 Å². The van der Waals surface area contributed by atoms with E-state index < -0.39 is 0 Å². The lowest BCUT2D eigenvalue weighted by molar-refractivity contribution is 0.467. The molecule has 1 unspecified atom stereocenters. The lowest BCUT2D eigenvalue weighted by atomic mass is 10.0. The molecule has 0 bridgehead atoms. The van der Waals surface area contributed by atoms with E-state index in [1.165, 1.54) is 6.07 Å². The standard InChI is InChI=1S/C13H18FN5/c1-2-7-19-13(9-16-18-19)12(17-15)8-10-5-3-4-6-11(10)14/h3-6,9,12,17H,2,7-8,15H2,1H3. The molecule has 1 aromatic heterocycles. The minimum absolute atomic E-state index is 0.210. The molecule has 1 aromatic carbocycles. The first-order valence-corrected chi connectivity index (χ1v) is 6.34. The molecule has 0 saturated heterocycles. The van der Waals surface area contributed by atoms with Crippen LogP contribution in [0.1, 0.15) is 30.6 Å². The molecule has 102 valence electrons. The summed E-state index contributed by atoms with van der Waals surface area (Å²) in [7, 11) is 0. The van der Waals surface area contributed by atoms with E-state index >= 15 is 0 Å². The van der Waals surface area contributed by atoms with Crippen LogP contribution in [0.15, 0.2) is 30.5 Å². The molecular weight excluding hydrogens is 245 g/mol. The Morgan fingerprint density at radius 3 is 2.89 bits per heavy atom. The topological polar surface area (TPSA) is 68.8 Å². The molecule has 0 amide bonds. The van der Waals surface area contributed by atoms with Gasteiger partial charge in [-0.15, -0.1) is 5.10 Å². The van der Waals surface area contributed by atoms with E-state index in [9.17, 15) is 4.39 Å². The molecule has 1 atom stereocenters. The second-order valence-corrected chi connectivity index (χ2v) is 4.40. The van der Waals surface area contributed by atoms with Crippen molar-refractivity contribution in [2.45, 2.75) is 32.4 Å². The van der Waals surface area contributed by atoms with Crippen molar-refractivity contribution in [2.75, 3.05) is 0 Å². The van der Waals surface area contributed by atoms with Crippen LogP contribution < -0.4 is 11.3 Å². The first-order valence-electron chi connectivity index (χ1n) is 6.34. The number of rotatable bonds is 6. The normalized spacial score (nSPS) is 12.6. The van der Waals surface area contributed by atoms with Gasteiger partial charge in [-0.2, -0.15) is 0 Å². The van der Waals surface area contributed by atoms with Gasteiger partial charge in [0.1, 0.15) is 5.82 Å².